The molecule has 0 spiro atoms. The van der Waals surface area contributed by atoms with Crippen LogP contribution in [-0.4, -0.2) is 35.8 Å². The Morgan fingerprint density at radius 2 is 1.64 bits per heavy atom. The first kappa shape index (κ1) is 19.1. The van der Waals surface area contributed by atoms with Gasteiger partial charge in [0.1, 0.15) is 28.8 Å². The van der Waals surface area contributed by atoms with Crippen LogP contribution in [0.3, 0.4) is 0 Å². The molecule has 6 nitrogen and oxygen atoms in total. The quantitative estimate of drug-likeness (QED) is 0.692. The summed E-state index contributed by atoms with van der Waals surface area (Å²) in [5.41, 5.74) is 1.22. The van der Waals surface area contributed by atoms with Gasteiger partial charge in [-0.15, -0.1) is 0 Å². The molecular weight excluding hydrogens is 342 g/mol. The molecule has 0 saturated heterocycles. The number of hydrogen-bond acceptors (Lipinski definition) is 5. The van der Waals surface area contributed by atoms with Gasteiger partial charge in [-0.2, -0.15) is 0 Å². The second-order valence-corrected chi connectivity index (χ2v) is 7.00. The molecule has 0 aromatic heterocycles. The maximum absolute atomic E-state index is 12.5. The van der Waals surface area contributed by atoms with Crippen LogP contribution < -0.4 is 18.9 Å². The zero-order chi connectivity index (χ0) is 18.3. The maximum Gasteiger partial charge on any atom is 0.244 e. The molecule has 2 aromatic carbocycles. The van der Waals surface area contributed by atoms with Crippen LogP contribution in [0.15, 0.2) is 47.4 Å². The topological polar surface area (TPSA) is 73.9 Å². The van der Waals surface area contributed by atoms with Crippen molar-refractivity contribution in [2.75, 3.05) is 27.4 Å². The Kier molecular flexibility index (Phi) is 6.66. The predicted octanol–water partition coefficient (Wildman–Crippen LogP) is 2.62. The number of sulfonamides is 1. The molecule has 0 unspecified atom stereocenters. The number of hydrogen-bond donors (Lipinski definition) is 1. The highest BCUT2D eigenvalue weighted by molar-refractivity contribution is 7.89. The molecule has 0 aliphatic heterocycles. The van der Waals surface area contributed by atoms with E-state index in [0.717, 1.165) is 6.42 Å². The third-order valence-electron chi connectivity index (χ3n) is 3.65. The van der Waals surface area contributed by atoms with Gasteiger partial charge in [0.05, 0.1) is 14.2 Å². The summed E-state index contributed by atoms with van der Waals surface area (Å²) in [5, 5.41) is 0. The van der Waals surface area contributed by atoms with Gasteiger partial charge in [0.15, 0.2) is 0 Å². The van der Waals surface area contributed by atoms with E-state index < -0.39 is 10.0 Å². The number of aryl methyl sites for hydroxylation is 1. The average molecular weight is 365 g/mol. The normalized spacial score (nSPS) is 11.2. The van der Waals surface area contributed by atoms with Crippen LogP contribution in [0.4, 0.5) is 0 Å². The van der Waals surface area contributed by atoms with Crippen molar-refractivity contribution in [2.24, 2.45) is 0 Å². The molecule has 0 aliphatic rings. The summed E-state index contributed by atoms with van der Waals surface area (Å²) in [6, 6.07) is 12.3. The monoisotopic (exact) mass is 365 g/mol. The van der Waals surface area contributed by atoms with E-state index in [-0.39, 0.29) is 23.8 Å². The van der Waals surface area contributed by atoms with Crippen LogP contribution in [0.1, 0.15) is 12.5 Å². The summed E-state index contributed by atoms with van der Waals surface area (Å²) in [6.45, 7) is 2.44. The molecule has 0 radical (unpaired) electrons. The molecule has 2 aromatic rings. The summed E-state index contributed by atoms with van der Waals surface area (Å²) in [4.78, 5) is 0.0293. The first-order chi connectivity index (χ1) is 12.0. The number of benzene rings is 2. The Morgan fingerprint density at radius 1 is 0.960 bits per heavy atom. The molecule has 25 heavy (non-hydrogen) atoms. The lowest BCUT2D eigenvalue weighted by molar-refractivity contribution is 0.322. The molecule has 0 bridgehead atoms. The van der Waals surface area contributed by atoms with E-state index in [0.29, 0.717) is 11.5 Å². The van der Waals surface area contributed by atoms with Crippen LogP contribution in [0.25, 0.3) is 0 Å². The lowest BCUT2D eigenvalue weighted by Gasteiger charge is -2.12. The van der Waals surface area contributed by atoms with Crippen molar-refractivity contribution in [3.63, 3.8) is 0 Å². The number of rotatable bonds is 9. The third kappa shape index (κ3) is 5.11. The lowest BCUT2D eigenvalue weighted by atomic mass is 10.2. The molecule has 0 heterocycles. The fourth-order valence-electron chi connectivity index (χ4n) is 2.24. The van der Waals surface area contributed by atoms with Crippen LogP contribution in [0.2, 0.25) is 0 Å². The summed E-state index contributed by atoms with van der Waals surface area (Å²) in [7, 11) is -0.840. The van der Waals surface area contributed by atoms with Crippen molar-refractivity contribution in [1.82, 2.24) is 4.72 Å². The van der Waals surface area contributed by atoms with E-state index >= 15 is 0 Å². The van der Waals surface area contributed by atoms with Crippen molar-refractivity contribution in [3.8, 4) is 17.2 Å². The summed E-state index contributed by atoms with van der Waals surface area (Å²) >= 11 is 0. The van der Waals surface area contributed by atoms with E-state index in [9.17, 15) is 8.42 Å². The minimum absolute atomic E-state index is 0.0293. The van der Waals surface area contributed by atoms with Gasteiger partial charge < -0.3 is 14.2 Å². The van der Waals surface area contributed by atoms with E-state index in [2.05, 4.69) is 11.6 Å². The Balaban J connectivity index is 1.97. The van der Waals surface area contributed by atoms with Crippen LogP contribution in [0, 0.1) is 0 Å². The molecule has 0 saturated carbocycles. The highest BCUT2D eigenvalue weighted by Crippen LogP contribution is 2.27. The van der Waals surface area contributed by atoms with Crippen molar-refractivity contribution in [1.29, 1.82) is 0 Å². The number of nitrogens with one attached hydrogen (secondary N) is 1. The minimum Gasteiger partial charge on any atom is -0.497 e. The zero-order valence-electron chi connectivity index (χ0n) is 14.6. The van der Waals surface area contributed by atoms with Gasteiger partial charge >= 0.3 is 0 Å². The fraction of sp³-hybridized carbons (Fsp3) is 0.333. The van der Waals surface area contributed by atoms with Gasteiger partial charge in [0, 0.05) is 12.6 Å². The highest BCUT2D eigenvalue weighted by atomic mass is 32.2. The van der Waals surface area contributed by atoms with E-state index in [1.165, 1.54) is 25.8 Å². The van der Waals surface area contributed by atoms with Crippen molar-refractivity contribution in [3.05, 3.63) is 48.0 Å². The number of methoxy groups -OCH3 is 2. The van der Waals surface area contributed by atoms with Crippen molar-refractivity contribution >= 4 is 10.0 Å². The van der Waals surface area contributed by atoms with Gasteiger partial charge in [0.2, 0.25) is 10.0 Å². The molecule has 136 valence electrons. The predicted molar refractivity (Wildman–Crippen MR) is 96.0 cm³/mol. The van der Waals surface area contributed by atoms with Crippen LogP contribution in [0.5, 0.6) is 17.2 Å². The maximum atomic E-state index is 12.5. The van der Waals surface area contributed by atoms with E-state index in [1.807, 2.05) is 24.3 Å². The van der Waals surface area contributed by atoms with Gasteiger partial charge in [-0.1, -0.05) is 19.1 Å². The SMILES string of the molecule is CCc1ccc(OCCNS(=O)(=O)c2cc(OC)ccc2OC)cc1. The van der Waals surface area contributed by atoms with Gasteiger partial charge in [-0.25, -0.2) is 13.1 Å². The molecular formula is C18H23NO5S. The molecule has 2 rings (SSSR count). The largest absolute Gasteiger partial charge is 0.497 e. The summed E-state index contributed by atoms with van der Waals surface area (Å²) in [5.74, 6) is 1.40. The fourth-order valence-corrected chi connectivity index (χ4v) is 3.43. The van der Waals surface area contributed by atoms with Gasteiger partial charge in [-0.05, 0) is 36.2 Å². The molecule has 0 aliphatic carbocycles. The van der Waals surface area contributed by atoms with Crippen LogP contribution >= 0.6 is 0 Å². The Hall–Kier alpha value is -2.25. The average Bonchev–Trinajstić information content (AvgIpc) is 2.65. The van der Waals surface area contributed by atoms with E-state index in [1.54, 1.807) is 12.1 Å². The lowest BCUT2D eigenvalue weighted by Crippen LogP contribution is -2.28. The van der Waals surface area contributed by atoms with Crippen LogP contribution in [-0.2, 0) is 16.4 Å². The Labute approximate surface area is 148 Å². The first-order valence-corrected chi connectivity index (χ1v) is 9.42. The molecule has 7 heteroatoms. The molecule has 0 amide bonds. The Bertz CT molecular complexity index is 788. The van der Waals surface area contributed by atoms with Crippen molar-refractivity contribution in [2.45, 2.75) is 18.2 Å². The minimum atomic E-state index is -3.74. The summed E-state index contributed by atoms with van der Waals surface area (Å²) < 4.78 is 43.2. The second kappa shape index (κ2) is 8.73. The Morgan fingerprint density at radius 3 is 2.24 bits per heavy atom. The second-order valence-electron chi connectivity index (χ2n) is 5.26. The van der Waals surface area contributed by atoms with E-state index in [4.69, 9.17) is 14.2 Å². The number of ether oxygens (including phenoxy) is 3. The first-order valence-electron chi connectivity index (χ1n) is 7.93. The smallest absolute Gasteiger partial charge is 0.244 e. The van der Waals surface area contributed by atoms with Gasteiger partial charge in [0.25, 0.3) is 0 Å². The molecule has 0 atom stereocenters. The summed E-state index contributed by atoms with van der Waals surface area (Å²) in [6.07, 6.45) is 0.961. The molecule has 0 fully saturated rings. The van der Waals surface area contributed by atoms with Crippen molar-refractivity contribution < 1.29 is 22.6 Å². The highest BCUT2D eigenvalue weighted by Gasteiger charge is 2.20. The van der Waals surface area contributed by atoms with Gasteiger partial charge in [-0.3, -0.25) is 0 Å². The molecule has 1 N–H and O–H groups in total. The zero-order valence-corrected chi connectivity index (χ0v) is 15.4. The third-order valence-corrected chi connectivity index (χ3v) is 5.14. The standard InChI is InChI=1S/C18H23NO5S/c1-4-14-5-7-15(8-6-14)24-12-11-19-25(20,21)18-13-16(22-2)9-10-17(18)23-3/h5-10,13,19H,4,11-12H2,1-3H3.